The number of ether oxygens (including phenoxy) is 2. The summed E-state index contributed by atoms with van der Waals surface area (Å²) in [5, 5.41) is 13.9. The molecule has 0 fully saturated rings. The molecule has 1 N–H and O–H groups in total. The molecule has 0 radical (unpaired) electrons. The van der Waals surface area contributed by atoms with Crippen LogP contribution in [0.3, 0.4) is 0 Å². The fourth-order valence-corrected chi connectivity index (χ4v) is 2.11. The minimum atomic E-state index is -0.802. The first-order chi connectivity index (χ1) is 11.4. The summed E-state index contributed by atoms with van der Waals surface area (Å²) >= 11 is 5.87. The number of nitro groups is 1. The molecule has 1 amide bonds. The van der Waals surface area contributed by atoms with Gasteiger partial charge in [-0.05, 0) is 31.2 Å². The number of anilines is 1. The zero-order chi connectivity index (χ0) is 17.7. The van der Waals surface area contributed by atoms with Crippen molar-refractivity contribution in [2.24, 2.45) is 0 Å². The molecule has 24 heavy (non-hydrogen) atoms. The quantitative estimate of drug-likeness (QED) is 0.634. The maximum absolute atomic E-state index is 12.2. The Morgan fingerprint density at radius 2 is 2.04 bits per heavy atom. The van der Waals surface area contributed by atoms with E-state index in [1.54, 1.807) is 31.2 Å². The van der Waals surface area contributed by atoms with Crippen LogP contribution in [0.2, 0.25) is 5.02 Å². The summed E-state index contributed by atoms with van der Waals surface area (Å²) in [6, 6.07) is 10.6. The highest BCUT2D eigenvalue weighted by atomic mass is 35.5. The van der Waals surface area contributed by atoms with Gasteiger partial charge in [-0.1, -0.05) is 17.7 Å². The Balaban J connectivity index is 2.09. The highest BCUT2D eigenvalue weighted by molar-refractivity contribution is 6.30. The molecule has 7 nitrogen and oxygen atoms in total. The van der Waals surface area contributed by atoms with Gasteiger partial charge in [-0.2, -0.15) is 0 Å². The van der Waals surface area contributed by atoms with Gasteiger partial charge < -0.3 is 14.8 Å². The average molecular weight is 351 g/mol. The topological polar surface area (TPSA) is 90.7 Å². The Kier molecular flexibility index (Phi) is 5.59. The molecule has 0 saturated heterocycles. The summed E-state index contributed by atoms with van der Waals surface area (Å²) in [6.45, 7) is 1.58. The van der Waals surface area contributed by atoms with E-state index in [1.807, 2.05) is 0 Å². The SMILES string of the molecule is COc1cc([N+](=O)[O-])ccc1NC(=O)C(C)Oc1cccc(Cl)c1. The van der Waals surface area contributed by atoms with E-state index in [1.165, 1.54) is 25.3 Å². The number of nitrogens with zero attached hydrogens (tertiary/aromatic N) is 1. The Labute approximate surface area is 143 Å². The Morgan fingerprint density at radius 3 is 2.67 bits per heavy atom. The van der Waals surface area contributed by atoms with Crippen LogP contribution >= 0.6 is 11.6 Å². The van der Waals surface area contributed by atoms with Gasteiger partial charge in [-0.25, -0.2) is 0 Å². The second-order valence-electron chi connectivity index (χ2n) is 4.85. The zero-order valence-electron chi connectivity index (χ0n) is 13.0. The summed E-state index contributed by atoms with van der Waals surface area (Å²) < 4.78 is 10.6. The number of halogens is 1. The number of nitro benzene ring substituents is 1. The lowest BCUT2D eigenvalue weighted by Crippen LogP contribution is -2.30. The number of methoxy groups -OCH3 is 1. The van der Waals surface area contributed by atoms with Gasteiger partial charge in [0.05, 0.1) is 23.8 Å². The number of amides is 1. The summed E-state index contributed by atoms with van der Waals surface area (Å²) in [5.74, 6) is 0.218. The summed E-state index contributed by atoms with van der Waals surface area (Å²) in [4.78, 5) is 22.5. The lowest BCUT2D eigenvalue weighted by atomic mass is 10.2. The lowest BCUT2D eigenvalue weighted by Gasteiger charge is -2.16. The number of hydrogen-bond acceptors (Lipinski definition) is 5. The van der Waals surface area contributed by atoms with E-state index in [-0.39, 0.29) is 11.4 Å². The van der Waals surface area contributed by atoms with Gasteiger partial charge in [-0.3, -0.25) is 14.9 Å². The van der Waals surface area contributed by atoms with Crippen molar-refractivity contribution in [1.82, 2.24) is 0 Å². The maximum atomic E-state index is 12.2. The largest absolute Gasteiger partial charge is 0.494 e. The van der Waals surface area contributed by atoms with Crippen molar-refractivity contribution in [3.8, 4) is 11.5 Å². The van der Waals surface area contributed by atoms with Crippen LogP contribution in [0.5, 0.6) is 11.5 Å². The van der Waals surface area contributed by atoms with E-state index >= 15 is 0 Å². The smallest absolute Gasteiger partial charge is 0.273 e. The third-order valence-electron chi connectivity index (χ3n) is 3.13. The molecule has 2 aromatic rings. The van der Waals surface area contributed by atoms with E-state index in [0.29, 0.717) is 16.5 Å². The van der Waals surface area contributed by atoms with E-state index in [9.17, 15) is 14.9 Å². The normalized spacial score (nSPS) is 11.5. The minimum Gasteiger partial charge on any atom is -0.494 e. The van der Waals surface area contributed by atoms with Crippen LogP contribution < -0.4 is 14.8 Å². The molecule has 2 rings (SSSR count). The molecule has 0 aliphatic rings. The van der Waals surface area contributed by atoms with E-state index in [0.717, 1.165) is 0 Å². The molecule has 0 aliphatic heterocycles. The molecule has 0 aliphatic carbocycles. The molecular formula is C16H15ClN2O5. The van der Waals surface area contributed by atoms with Crippen LogP contribution in [0.25, 0.3) is 0 Å². The molecule has 1 unspecified atom stereocenters. The van der Waals surface area contributed by atoms with Crippen molar-refractivity contribution in [1.29, 1.82) is 0 Å². The van der Waals surface area contributed by atoms with Crippen molar-refractivity contribution in [2.45, 2.75) is 13.0 Å². The minimum absolute atomic E-state index is 0.131. The first-order valence-electron chi connectivity index (χ1n) is 6.96. The monoisotopic (exact) mass is 350 g/mol. The van der Waals surface area contributed by atoms with Gasteiger partial charge in [0.2, 0.25) is 0 Å². The van der Waals surface area contributed by atoms with Crippen molar-refractivity contribution in [2.75, 3.05) is 12.4 Å². The van der Waals surface area contributed by atoms with Gasteiger partial charge in [0.1, 0.15) is 11.5 Å². The standard InChI is InChI=1S/C16H15ClN2O5/c1-10(24-13-5-3-4-11(17)8-13)16(20)18-14-7-6-12(19(21)22)9-15(14)23-2/h3-10H,1-2H3,(H,18,20). The van der Waals surface area contributed by atoms with Crippen molar-refractivity contribution in [3.63, 3.8) is 0 Å². The lowest BCUT2D eigenvalue weighted by molar-refractivity contribution is -0.384. The highest BCUT2D eigenvalue weighted by Gasteiger charge is 2.18. The highest BCUT2D eigenvalue weighted by Crippen LogP contribution is 2.29. The number of carbonyl (C=O) groups is 1. The average Bonchev–Trinajstić information content (AvgIpc) is 2.54. The fourth-order valence-electron chi connectivity index (χ4n) is 1.93. The van der Waals surface area contributed by atoms with Gasteiger partial charge in [0.25, 0.3) is 11.6 Å². The number of benzene rings is 2. The summed E-state index contributed by atoms with van der Waals surface area (Å²) in [5.41, 5.74) is 0.183. The third-order valence-corrected chi connectivity index (χ3v) is 3.37. The Bertz CT molecular complexity index is 766. The van der Waals surface area contributed by atoms with Crippen LogP contribution in [-0.4, -0.2) is 24.0 Å². The van der Waals surface area contributed by atoms with Gasteiger partial charge >= 0.3 is 0 Å². The van der Waals surface area contributed by atoms with Crippen LogP contribution in [0.1, 0.15) is 6.92 Å². The summed E-state index contributed by atoms with van der Waals surface area (Å²) in [6.07, 6.45) is -0.802. The first-order valence-corrected chi connectivity index (χ1v) is 7.34. The Hall–Kier alpha value is -2.80. The van der Waals surface area contributed by atoms with Crippen LogP contribution in [0, 0.1) is 10.1 Å². The van der Waals surface area contributed by atoms with Gasteiger partial charge in [0.15, 0.2) is 6.10 Å². The van der Waals surface area contributed by atoms with Crippen LogP contribution in [-0.2, 0) is 4.79 Å². The molecular weight excluding hydrogens is 336 g/mol. The van der Waals surface area contributed by atoms with Crippen LogP contribution in [0.15, 0.2) is 42.5 Å². The van der Waals surface area contributed by atoms with E-state index < -0.39 is 16.9 Å². The van der Waals surface area contributed by atoms with Crippen molar-refractivity contribution >= 4 is 28.9 Å². The number of nitrogens with one attached hydrogen (secondary N) is 1. The number of carbonyl (C=O) groups excluding carboxylic acids is 1. The fraction of sp³-hybridized carbons (Fsp3) is 0.188. The summed E-state index contributed by atoms with van der Waals surface area (Å²) in [7, 11) is 1.36. The molecule has 126 valence electrons. The second-order valence-corrected chi connectivity index (χ2v) is 5.28. The molecule has 0 saturated carbocycles. The van der Waals surface area contributed by atoms with Gasteiger partial charge in [0, 0.05) is 11.1 Å². The number of rotatable bonds is 6. The predicted molar refractivity (Wildman–Crippen MR) is 89.8 cm³/mol. The molecule has 8 heteroatoms. The third kappa shape index (κ3) is 4.36. The molecule has 0 aromatic heterocycles. The van der Waals surface area contributed by atoms with Crippen molar-refractivity contribution < 1.29 is 19.2 Å². The number of hydrogen-bond donors (Lipinski definition) is 1. The second kappa shape index (κ2) is 7.65. The zero-order valence-corrected chi connectivity index (χ0v) is 13.7. The predicted octanol–water partition coefficient (Wildman–Crippen LogP) is 3.66. The molecule has 0 bridgehead atoms. The maximum Gasteiger partial charge on any atom is 0.273 e. The van der Waals surface area contributed by atoms with Gasteiger partial charge in [-0.15, -0.1) is 0 Å². The molecule has 0 spiro atoms. The molecule has 2 aromatic carbocycles. The van der Waals surface area contributed by atoms with E-state index in [2.05, 4.69) is 5.32 Å². The number of non-ortho nitro benzene ring substituents is 1. The molecule has 0 heterocycles. The van der Waals surface area contributed by atoms with E-state index in [4.69, 9.17) is 21.1 Å². The van der Waals surface area contributed by atoms with Crippen molar-refractivity contribution in [3.05, 3.63) is 57.6 Å². The van der Waals surface area contributed by atoms with Crippen LogP contribution in [0.4, 0.5) is 11.4 Å². The Morgan fingerprint density at radius 1 is 1.29 bits per heavy atom. The molecule has 1 atom stereocenters. The first kappa shape index (κ1) is 17.6.